The largest absolute Gasteiger partial charge is 0.381 e. The molecule has 0 aliphatic carbocycles. The third-order valence-corrected chi connectivity index (χ3v) is 3.54. The highest BCUT2D eigenvalue weighted by molar-refractivity contribution is 4.83. The Labute approximate surface area is 81.3 Å². The van der Waals surface area contributed by atoms with Crippen molar-refractivity contribution in [2.45, 2.75) is 38.6 Å². The normalized spacial score (nSPS) is 32.5. The van der Waals surface area contributed by atoms with Crippen molar-refractivity contribution < 1.29 is 4.74 Å². The molecule has 2 aliphatic heterocycles. The van der Waals surface area contributed by atoms with E-state index in [2.05, 4.69) is 11.8 Å². The lowest BCUT2D eigenvalue weighted by Crippen LogP contribution is -2.38. The number of rotatable bonds is 3. The molecule has 2 saturated heterocycles. The average Bonchev–Trinajstić information content (AvgIpc) is 2.76. The van der Waals surface area contributed by atoms with E-state index in [0.717, 1.165) is 25.2 Å². The molecule has 0 spiro atoms. The molecule has 0 aromatic carbocycles. The quantitative estimate of drug-likeness (QED) is 0.662. The summed E-state index contributed by atoms with van der Waals surface area (Å²) < 4.78 is 5.47. The molecule has 2 aliphatic rings. The molecule has 2 atom stereocenters. The molecule has 0 bridgehead atoms. The highest BCUT2D eigenvalue weighted by atomic mass is 16.5. The van der Waals surface area contributed by atoms with E-state index in [1.165, 1.54) is 38.8 Å². The van der Waals surface area contributed by atoms with Crippen LogP contribution in [0.15, 0.2) is 0 Å². The van der Waals surface area contributed by atoms with E-state index < -0.39 is 0 Å². The molecule has 0 N–H and O–H groups in total. The van der Waals surface area contributed by atoms with Gasteiger partial charge < -0.3 is 9.64 Å². The van der Waals surface area contributed by atoms with E-state index >= 15 is 0 Å². The minimum atomic E-state index is 0.810. The minimum absolute atomic E-state index is 0.810. The second-order valence-electron chi connectivity index (χ2n) is 4.34. The predicted octanol–water partition coefficient (Wildman–Crippen LogP) is 1.90. The van der Waals surface area contributed by atoms with Gasteiger partial charge in [-0.15, -0.1) is 0 Å². The molecule has 2 nitrogen and oxygen atoms in total. The van der Waals surface area contributed by atoms with Crippen molar-refractivity contribution in [3.8, 4) is 0 Å². The summed E-state index contributed by atoms with van der Waals surface area (Å²) in [7, 11) is 0. The molecule has 2 heteroatoms. The molecule has 0 radical (unpaired) electrons. The van der Waals surface area contributed by atoms with E-state index in [1.54, 1.807) is 0 Å². The van der Waals surface area contributed by atoms with Crippen molar-refractivity contribution in [3.63, 3.8) is 0 Å². The zero-order valence-electron chi connectivity index (χ0n) is 8.67. The first-order chi connectivity index (χ1) is 6.42. The van der Waals surface area contributed by atoms with Gasteiger partial charge in [-0.05, 0) is 44.7 Å². The van der Waals surface area contributed by atoms with Crippen LogP contribution in [0.3, 0.4) is 0 Å². The summed E-state index contributed by atoms with van der Waals surface area (Å²) >= 11 is 0. The third kappa shape index (κ3) is 2.05. The van der Waals surface area contributed by atoms with Crippen molar-refractivity contribution in [2.75, 3.05) is 26.3 Å². The molecule has 0 saturated carbocycles. The van der Waals surface area contributed by atoms with Gasteiger partial charge in [0.05, 0.1) is 6.61 Å². The maximum absolute atomic E-state index is 5.47. The Balaban J connectivity index is 1.90. The number of hydrogen-bond donors (Lipinski definition) is 0. The highest BCUT2D eigenvalue weighted by Crippen LogP contribution is 2.26. The second kappa shape index (κ2) is 4.43. The second-order valence-corrected chi connectivity index (χ2v) is 4.34. The van der Waals surface area contributed by atoms with Gasteiger partial charge in [-0.1, -0.05) is 6.92 Å². The van der Waals surface area contributed by atoms with Crippen LogP contribution in [0.1, 0.15) is 32.6 Å². The van der Waals surface area contributed by atoms with Gasteiger partial charge in [0.2, 0.25) is 0 Å². The van der Waals surface area contributed by atoms with E-state index in [4.69, 9.17) is 4.74 Å². The Morgan fingerprint density at radius 1 is 1.38 bits per heavy atom. The summed E-state index contributed by atoms with van der Waals surface area (Å²) in [5.74, 6) is 0.822. The van der Waals surface area contributed by atoms with Gasteiger partial charge in [0.25, 0.3) is 0 Å². The first kappa shape index (κ1) is 9.47. The third-order valence-electron chi connectivity index (χ3n) is 3.54. The molecule has 13 heavy (non-hydrogen) atoms. The van der Waals surface area contributed by atoms with Crippen LogP contribution >= 0.6 is 0 Å². The Morgan fingerprint density at radius 2 is 2.15 bits per heavy atom. The van der Waals surface area contributed by atoms with Crippen LogP contribution in [0.25, 0.3) is 0 Å². The van der Waals surface area contributed by atoms with Crippen molar-refractivity contribution in [1.29, 1.82) is 0 Å². The van der Waals surface area contributed by atoms with E-state index in [-0.39, 0.29) is 0 Å². The fraction of sp³-hybridized carbons (Fsp3) is 1.00. The lowest BCUT2D eigenvalue weighted by Gasteiger charge is -2.30. The van der Waals surface area contributed by atoms with Gasteiger partial charge >= 0.3 is 0 Å². The summed E-state index contributed by atoms with van der Waals surface area (Å²) in [5, 5.41) is 0. The van der Waals surface area contributed by atoms with Crippen LogP contribution in [0.5, 0.6) is 0 Å². The smallest absolute Gasteiger partial charge is 0.0510 e. The zero-order valence-corrected chi connectivity index (χ0v) is 8.67. The average molecular weight is 183 g/mol. The van der Waals surface area contributed by atoms with Crippen LogP contribution in [-0.2, 0) is 4.74 Å². The first-order valence-electron chi connectivity index (χ1n) is 5.73. The van der Waals surface area contributed by atoms with Gasteiger partial charge in [-0.25, -0.2) is 0 Å². The highest BCUT2D eigenvalue weighted by Gasteiger charge is 2.30. The van der Waals surface area contributed by atoms with Crippen LogP contribution in [0, 0.1) is 5.92 Å². The molecule has 2 rings (SSSR count). The lowest BCUT2D eigenvalue weighted by atomic mass is 9.95. The molecule has 2 unspecified atom stereocenters. The van der Waals surface area contributed by atoms with Gasteiger partial charge in [0, 0.05) is 12.6 Å². The molecule has 76 valence electrons. The number of ether oxygens (including phenoxy) is 1. The Hall–Kier alpha value is -0.0800. The SMILES string of the molecule is CCC(C1CCOC1)N1CCCC1. The van der Waals surface area contributed by atoms with Crippen LogP contribution in [0.4, 0.5) is 0 Å². The monoisotopic (exact) mass is 183 g/mol. The maximum Gasteiger partial charge on any atom is 0.0510 e. The molecule has 2 heterocycles. The van der Waals surface area contributed by atoms with Crippen LogP contribution in [0.2, 0.25) is 0 Å². The lowest BCUT2D eigenvalue weighted by molar-refractivity contribution is 0.133. The number of nitrogens with zero attached hydrogens (tertiary/aromatic N) is 1. The fourth-order valence-electron chi connectivity index (χ4n) is 2.82. The van der Waals surface area contributed by atoms with Crippen molar-refractivity contribution in [2.24, 2.45) is 5.92 Å². The van der Waals surface area contributed by atoms with Crippen LogP contribution in [-0.4, -0.2) is 37.2 Å². The number of hydrogen-bond acceptors (Lipinski definition) is 2. The summed E-state index contributed by atoms with van der Waals surface area (Å²) in [4.78, 5) is 2.68. The maximum atomic E-state index is 5.47. The first-order valence-corrected chi connectivity index (χ1v) is 5.73. The fourth-order valence-corrected chi connectivity index (χ4v) is 2.82. The molecule has 0 amide bonds. The summed E-state index contributed by atoms with van der Waals surface area (Å²) in [6, 6.07) is 0.810. The Kier molecular flexibility index (Phi) is 3.23. The predicted molar refractivity (Wildman–Crippen MR) is 53.8 cm³/mol. The molecule has 2 fully saturated rings. The van der Waals surface area contributed by atoms with Crippen LogP contribution < -0.4 is 0 Å². The number of likely N-dealkylation sites (tertiary alicyclic amines) is 1. The molecule has 0 aromatic heterocycles. The molecular weight excluding hydrogens is 162 g/mol. The standard InChI is InChI=1S/C11H21NO/c1-2-11(10-5-8-13-9-10)12-6-3-4-7-12/h10-11H,2-9H2,1H3. The van der Waals surface area contributed by atoms with E-state index in [1.807, 2.05) is 0 Å². The topological polar surface area (TPSA) is 12.5 Å². The summed E-state index contributed by atoms with van der Waals surface area (Å²) in [6.45, 7) is 6.98. The van der Waals surface area contributed by atoms with Crippen molar-refractivity contribution in [1.82, 2.24) is 4.90 Å². The Bertz CT molecular complexity index is 132. The van der Waals surface area contributed by atoms with Crippen molar-refractivity contribution >= 4 is 0 Å². The minimum Gasteiger partial charge on any atom is -0.381 e. The van der Waals surface area contributed by atoms with E-state index in [9.17, 15) is 0 Å². The van der Waals surface area contributed by atoms with Gasteiger partial charge in [-0.3, -0.25) is 0 Å². The summed E-state index contributed by atoms with van der Waals surface area (Å²) in [6.07, 6.45) is 5.40. The zero-order chi connectivity index (χ0) is 9.10. The van der Waals surface area contributed by atoms with E-state index in [0.29, 0.717) is 0 Å². The summed E-state index contributed by atoms with van der Waals surface area (Å²) in [5.41, 5.74) is 0. The van der Waals surface area contributed by atoms with Gasteiger partial charge in [-0.2, -0.15) is 0 Å². The Morgan fingerprint density at radius 3 is 2.69 bits per heavy atom. The van der Waals surface area contributed by atoms with Gasteiger partial charge in [0.15, 0.2) is 0 Å². The van der Waals surface area contributed by atoms with Gasteiger partial charge in [0.1, 0.15) is 0 Å². The molecule has 0 aromatic rings. The molecular formula is C11H21NO. The van der Waals surface area contributed by atoms with Crippen molar-refractivity contribution in [3.05, 3.63) is 0 Å².